The van der Waals surface area contributed by atoms with Gasteiger partial charge in [0, 0.05) is 0 Å². The summed E-state index contributed by atoms with van der Waals surface area (Å²) in [5, 5.41) is 0. The molecular formula is C20H34. The molecule has 0 heteroatoms. The monoisotopic (exact) mass is 274 g/mol. The van der Waals surface area contributed by atoms with Crippen LogP contribution in [0.2, 0.25) is 0 Å². The first-order valence-electron chi connectivity index (χ1n) is 8.52. The Hall–Kier alpha value is -0.780. The highest BCUT2D eigenvalue weighted by atomic mass is 14.4. The predicted molar refractivity (Wildman–Crippen MR) is 91.9 cm³/mol. The summed E-state index contributed by atoms with van der Waals surface area (Å²) in [5.74, 6) is 0.563. The van der Waals surface area contributed by atoms with E-state index in [1.165, 1.54) is 61.7 Å². The van der Waals surface area contributed by atoms with Gasteiger partial charge in [-0.15, -0.1) is 0 Å². The lowest BCUT2D eigenvalue weighted by Gasteiger charge is -2.34. The fraction of sp³-hybridized carbons (Fsp3) is 0.700. The molecule has 1 saturated carbocycles. The summed E-state index contributed by atoms with van der Waals surface area (Å²) in [4.78, 5) is 0. The fourth-order valence-electron chi connectivity index (χ4n) is 3.75. The first kappa shape index (κ1) is 17.3. The largest absolute Gasteiger partial charge is 0.0958 e. The molecule has 2 aliphatic carbocycles. The number of hydrogen-bond acceptors (Lipinski definition) is 0. The molecule has 20 heavy (non-hydrogen) atoms. The van der Waals surface area contributed by atoms with E-state index in [0.717, 1.165) is 0 Å². The highest BCUT2D eigenvalue weighted by Crippen LogP contribution is 2.54. The van der Waals surface area contributed by atoms with E-state index < -0.39 is 0 Å². The van der Waals surface area contributed by atoms with Gasteiger partial charge in [0.15, 0.2) is 0 Å². The molecule has 0 aromatic carbocycles. The summed E-state index contributed by atoms with van der Waals surface area (Å²) in [6.07, 6.45) is 9.65. The zero-order valence-corrected chi connectivity index (χ0v) is 14.4. The highest BCUT2D eigenvalue weighted by Gasteiger charge is 2.40. The van der Waals surface area contributed by atoms with Gasteiger partial charge in [-0.05, 0) is 60.7 Å². The highest BCUT2D eigenvalue weighted by molar-refractivity contribution is 5.47. The molecule has 114 valence electrons. The quantitative estimate of drug-likeness (QED) is 0.528. The minimum atomic E-state index is 0.563. The minimum Gasteiger partial charge on any atom is -0.0958 e. The Morgan fingerprint density at radius 2 is 1.45 bits per heavy atom. The SMILES string of the molecule is C=C(C)C1=C(C(=C)C(C)C)CC2(CCCCC2)C1.CC. The smallest absolute Gasteiger partial charge is 0.0213 e. The van der Waals surface area contributed by atoms with Crippen molar-refractivity contribution in [2.24, 2.45) is 11.3 Å². The molecule has 0 nitrogen and oxygen atoms in total. The van der Waals surface area contributed by atoms with E-state index in [-0.39, 0.29) is 0 Å². The van der Waals surface area contributed by atoms with Gasteiger partial charge in [0.1, 0.15) is 0 Å². The van der Waals surface area contributed by atoms with Crippen molar-refractivity contribution in [3.05, 3.63) is 35.5 Å². The second-order valence-electron chi connectivity index (χ2n) is 6.83. The lowest BCUT2D eigenvalue weighted by atomic mass is 9.71. The maximum absolute atomic E-state index is 4.35. The van der Waals surface area contributed by atoms with Crippen molar-refractivity contribution < 1.29 is 0 Å². The van der Waals surface area contributed by atoms with Gasteiger partial charge in [-0.2, -0.15) is 0 Å². The van der Waals surface area contributed by atoms with Crippen LogP contribution in [0.15, 0.2) is 35.5 Å². The van der Waals surface area contributed by atoms with Crippen molar-refractivity contribution in [2.45, 2.75) is 79.6 Å². The molecule has 0 aliphatic heterocycles. The summed E-state index contributed by atoms with van der Waals surface area (Å²) < 4.78 is 0. The Bertz CT molecular complexity index is 386. The molecule has 0 amide bonds. The third-order valence-electron chi connectivity index (χ3n) is 4.98. The second-order valence-corrected chi connectivity index (χ2v) is 6.83. The number of rotatable bonds is 3. The Labute approximate surface area is 127 Å². The first-order chi connectivity index (χ1) is 9.45. The summed E-state index contributed by atoms with van der Waals surface area (Å²) in [5.41, 5.74) is 6.29. The zero-order chi connectivity index (χ0) is 15.3. The molecule has 0 aromatic heterocycles. The van der Waals surface area contributed by atoms with E-state index >= 15 is 0 Å². The van der Waals surface area contributed by atoms with Gasteiger partial charge in [0.25, 0.3) is 0 Å². The molecule has 0 unspecified atom stereocenters. The molecule has 1 fully saturated rings. The van der Waals surface area contributed by atoms with E-state index in [1.807, 2.05) is 13.8 Å². The Kier molecular flexibility index (Phi) is 6.30. The van der Waals surface area contributed by atoms with Crippen LogP contribution in [0.25, 0.3) is 0 Å². The van der Waals surface area contributed by atoms with Gasteiger partial charge in [-0.3, -0.25) is 0 Å². The van der Waals surface area contributed by atoms with Crippen LogP contribution in [-0.2, 0) is 0 Å². The fourth-order valence-corrected chi connectivity index (χ4v) is 3.75. The Morgan fingerprint density at radius 3 is 1.90 bits per heavy atom. The molecule has 0 saturated heterocycles. The Balaban J connectivity index is 0.000000956. The van der Waals surface area contributed by atoms with Gasteiger partial charge in [0.05, 0.1) is 0 Å². The molecule has 0 aromatic rings. The molecular weight excluding hydrogens is 240 g/mol. The van der Waals surface area contributed by atoms with Crippen LogP contribution in [0, 0.1) is 11.3 Å². The van der Waals surface area contributed by atoms with Crippen molar-refractivity contribution in [3.8, 4) is 0 Å². The van der Waals surface area contributed by atoms with Crippen LogP contribution in [0.5, 0.6) is 0 Å². The van der Waals surface area contributed by atoms with Gasteiger partial charge < -0.3 is 0 Å². The number of allylic oxidation sites excluding steroid dienone is 4. The summed E-state index contributed by atoms with van der Waals surface area (Å²) in [6.45, 7) is 19.2. The second kappa shape index (κ2) is 7.29. The average Bonchev–Trinajstić information content (AvgIpc) is 2.80. The lowest BCUT2D eigenvalue weighted by Crippen LogP contribution is -2.21. The van der Waals surface area contributed by atoms with Crippen molar-refractivity contribution in [1.29, 1.82) is 0 Å². The van der Waals surface area contributed by atoms with Crippen LogP contribution in [-0.4, -0.2) is 0 Å². The molecule has 2 aliphatic rings. The normalized spacial score (nSPS) is 20.9. The lowest BCUT2D eigenvalue weighted by molar-refractivity contribution is 0.202. The average molecular weight is 274 g/mol. The van der Waals surface area contributed by atoms with Crippen LogP contribution < -0.4 is 0 Å². The van der Waals surface area contributed by atoms with Crippen molar-refractivity contribution >= 4 is 0 Å². The van der Waals surface area contributed by atoms with Gasteiger partial charge in [-0.1, -0.05) is 65.7 Å². The molecule has 1 spiro atoms. The maximum Gasteiger partial charge on any atom is -0.0213 e. The Morgan fingerprint density at radius 1 is 0.950 bits per heavy atom. The molecule has 0 heterocycles. The predicted octanol–water partition coefficient (Wildman–Crippen LogP) is 6.84. The van der Waals surface area contributed by atoms with E-state index in [4.69, 9.17) is 0 Å². The van der Waals surface area contributed by atoms with Crippen molar-refractivity contribution in [1.82, 2.24) is 0 Å². The molecule has 2 rings (SSSR count). The van der Waals surface area contributed by atoms with E-state index in [9.17, 15) is 0 Å². The molecule has 0 atom stereocenters. The van der Waals surface area contributed by atoms with Crippen LogP contribution in [0.4, 0.5) is 0 Å². The van der Waals surface area contributed by atoms with Gasteiger partial charge in [-0.25, -0.2) is 0 Å². The first-order valence-corrected chi connectivity index (χ1v) is 8.52. The van der Waals surface area contributed by atoms with E-state index in [2.05, 4.69) is 33.9 Å². The summed E-state index contributed by atoms with van der Waals surface area (Å²) in [6, 6.07) is 0. The molecule has 0 bridgehead atoms. The van der Waals surface area contributed by atoms with Crippen LogP contribution >= 0.6 is 0 Å². The number of hydrogen-bond donors (Lipinski definition) is 0. The van der Waals surface area contributed by atoms with E-state index in [0.29, 0.717) is 11.3 Å². The van der Waals surface area contributed by atoms with Crippen LogP contribution in [0.3, 0.4) is 0 Å². The van der Waals surface area contributed by atoms with Gasteiger partial charge in [0.2, 0.25) is 0 Å². The standard InChI is InChI=1S/C18H28.C2H6/c1-13(2)15(5)17-12-18(9-7-6-8-10-18)11-16(17)14(3)4;1-2/h13H,3,5-12H2,1-2,4H3;1-2H3. The van der Waals surface area contributed by atoms with Crippen molar-refractivity contribution in [3.63, 3.8) is 0 Å². The molecule has 0 radical (unpaired) electrons. The minimum absolute atomic E-state index is 0.563. The zero-order valence-electron chi connectivity index (χ0n) is 14.4. The summed E-state index contributed by atoms with van der Waals surface area (Å²) >= 11 is 0. The molecule has 0 N–H and O–H groups in total. The third kappa shape index (κ3) is 3.65. The third-order valence-corrected chi connectivity index (χ3v) is 4.98. The van der Waals surface area contributed by atoms with Gasteiger partial charge >= 0.3 is 0 Å². The van der Waals surface area contributed by atoms with E-state index in [1.54, 1.807) is 5.57 Å². The van der Waals surface area contributed by atoms with Crippen molar-refractivity contribution in [2.75, 3.05) is 0 Å². The summed E-state index contributed by atoms with van der Waals surface area (Å²) in [7, 11) is 0. The maximum atomic E-state index is 4.35. The topological polar surface area (TPSA) is 0 Å². The van der Waals surface area contributed by atoms with Crippen LogP contribution in [0.1, 0.15) is 79.6 Å².